The predicted octanol–water partition coefficient (Wildman–Crippen LogP) is 6.50. The number of likely N-dealkylation sites (tertiary alicyclic amines) is 1. The number of nitrogens with zero attached hydrogens (tertiary/aromatic N) is 3. The summed E-state index contributed by atoms with van der Waals surface area (Å²) in [5, 5.41) is 9.20. The largest absolute Gasteiger partial charge is 0.494 e. The number of nitrogens with one attached hydrogen (secondary N) is 3. The molecule has 58 heavy (non-hydrogen) atoms. The van der Waals surface area contributed by atoms with Crippen molar-refractivity contribution in [1.29, 1.82) is 0 Å². The number of ether oxygens (including phenoxy) is 2. The van der Waals surface area contributed by atoms with E-state index in [0.717, 1.165) is 0 Å². The molecule has 3 N–H and O–H groups in total. The Kier molecular flexibility index (Phi) is 11.2. The second-order valence-electron chi connectivity index (χ2n) is 15.9. The molecule has 3 heterocycles. The number of methoxy groups -OCH3 is 1. The Morgan fingerprint density at radius 1 is 1.12 bits per heavy atom. The first-order valence-electron chi connectivity index (χ1n) is 18.6. The van der Waals surface area contributed by atoms with Gasteiger partial charge in [0.1, 0.15) is 29.5 Å². The molecule has 3 aliphatic rings. The maximum atomic E-state index is 14.8. The van der Waals surface area contributed by atoms with Crippen LogP contribution in [0.15, 0.2) is 66.7 Å². The molecule has 0 bridgehead atoms. The number of sulfonamides is 1. The topological polar surface area (TPSA) is 169 Å². The number of amides is 3. The number of thiazole rings is 1. The number of hydrogen-bond acceptors (Lipinski definition) is 11. The van der Waals surface area contributed by atoms with Crippen molar-refractivity contribution in [2.24, 2.45) is 11.3 Å². The average molecular weight is 857 g/mol. The number of hydrogen-bond donors (Lipinski definition) is 3. The van der Waals surface area contributed by atoms with Crippen LogP contribution in [0.1, 0.15) is 58.4 Å². The molecule has 3 fully saturated rings. The lowest BCUT2D eigenvalue weighted by atomic mass is 9.85. The van der Waals surface area contributed by atoms with Crippen LogP contribution in [0.3, 0.4) is 0 Å². The number of fused-ring (bicyclic) bond motifs is 1. The maximum Gasteiger partial charge on any atom is 0.263 e. The van der Waals surface area contributed by atoms with Crippen molar-refractivity contribution in [3.05, 3.63) is 77.3 Å². The molecule has 18 heteroatoms. The summed E-state index contributed by atoms with van der Waals surface area (Å²) in [4.78, 5) is 53.4. The molecule has 308 valence electrons. The van der Waals surface area contributed by atoms with Crippen LogP contribution >= 0.6 is 22.9 Å². The van der Waals surface area contributed by atoms with E-state index in [4.69, 9.17) is 21.1 Å². The molecule has 1 saturated heterocycles. The average Bonchev–Trinajstić information content (AvgIpc) is 4.07. The summed E-state index contributed by atoms with van der Waals surface area (Å²) in [7, 11) is -2.41. The van der Waals surface area contributed by atoms with Gasteiger partial charge in [0.15, 0.2) is 5.13 Å². The lowest BCUT2D eigenvalue weighted by Gasteiger charge is -2.35. The SMILES string of the molecule is C=C[C@@H]1C[C@]1(NC(=O)[C@@H]1C[C@@H](Oc2ncc(OC)c3ccc(Cl)cc23)CN1C(=O)[C@@H](Nc1nc(-c2ccc(C(F)F)cc2)cs1)C(C)(C)C)C(=O)NS(=O)(=O)C1CC1. The number of aromatic nitrogens is 2. The molecular formula is C40H43ClF2N6O7S2. The fraction of sp³-hybridized carbons (Fsp3) is 0.425. The highest BCUT2D eigenvalue weighted by Gasteiger charge is 2.62. The zero-order chi connectivity index (χ0) is 41.7. The van der Waals surface area contributed by atoms with Crippen LogP contribution in [0.2, 0.25) is 5.02 Å². The summed E-state index contributed by atoms with van der Waals surface area (Å²) in [6.07, 6.45) is 0.635. The van der Waals surface area contributed by atoms with E-state index in [1.54, 1.807) is 35.7 Å². The van der Waals surface area contributed by atoms with Crippen molar-refractivity contribution in [2.45, 2.75) is 81.9 Å². The third-order valence-electron chi connectivity index (χ3n) is 10.7. The summed E-state index contributed by atoms with van der Waals surface area (Å²) in [6, 6.07) is 8.84. The molecule has 1 aliphatic heterocycles. The van der Waals surface area contributed by atoms with Gasteiger partial charge in [-0.05, 0) is 42.9 Å². The number of alkyl halides is 2. The maximum absolute atomic E-state index is 14.8. The number of rotatable bonds is 14. The molecule has 3 amide bonds. The van der Waals surface area contributed by atoms with Crippen LogP contribution in [-0.4, -0.2) is 83.6 Å². The van der Waals surface area contributed by atoms with Gasteiger partial charge in [-0.2, -0.15) is 0 Å². The Morgan fingerprint density at radius 3 is 2.47 bits per heavy atom. The minimum Gasteiger partial charge on any atom is -0.494 e. The lowest BCUT2D eigenvalue weighted by Crippen LogP contribution is -2.58. The fourth-order valence-corrected chi connectivity index (χ4v) is 9.47. The Hall–Kier alpha value is -4.87. The molecular weight excluding hydrogens is 814 g/mol. The molecule has 0 spiro atoms. The molecule has 2 saturated carbocycles. The lowest BCUT2D eigenvalue weighted by molar-refractivity contribution is -0.141. The number of anilines is 1. The van der Waals surface area contributed by atoms with Gasteiger partial charge in [-0.25, -0.2) is 27.2 Å². The van der Waals surface area contributed by atoms with E-state index < -0.39 is 74.5 Å². The number of pyridine rings is 1. The molecule has 5 atom stereocenters. The summed E-state index contributed by atoms with van der Waals surface area (Å²) in [5.41, 5.74) is -1.29. The molecule has 0 unspecified atom stereocenters. The molecule has 2 aromatic carbocycles. The third kappa shape index (κ3) is 8.34. The van der Waals surface area contributed by atoms with Crippen LogP contribution in [0.5, 0.6) is 11.6 Å². The van der Waals surface area contributed by atoms with E-state index in [1.807, 2.05) is 20.8 Å². The summed E-state index contributed by atoms with van der Waals surface area (Å²) in [6.45, 7) is 9.30. The van der Waals surface area contributed by atoms with Crippen molar-refractivity contribution in [2.75, 3.05) is 19.0 Å². The fourth-order valence-electron chi connectivity index (χ4n) is 7.18. The zero-order valence-corrected chi connectivity index (χ0v) is 34.5. The van der Waals surface area contributed by atoms with Gasteiger partial charge >= 0.3 is 0 Å². The van der Waals surface area contributed by atoms with Gasteiger partial charge in [0, 0.05) is 44.6 Å². The Balaban J connectivity index is 1.18. The first kappa shape index (κ1) is 41.3. The van der Waals surface area contributed by atoms with Crippen molar-refractivity contribution < 1.29 is 41.1 Å². The molecule has 0 radical (unpaired) electrons. The first-order valence-corrected chi connectivity index (χ1v) is 21.4. The van der Waals surface area contributed by atoms with Crippen molar-refractivity contribution in [3.63, 3.8) is 0 Å². The molecule has 2 aromatic heterocycles. The highest BCUT2D eigenvalue weighted by Crippen LogP contribution is 2.46. The van der Waals surface area contributed by atoms with Gasteiger partial charge < -0.3 is 25.0 Å². The first-order chi connectivity index (χ1) is 27.4. The van der Waals surface area contributed by atoms with Gasteiger partial charge in [0.2, 0.25) is 27.7 Å². The molecule has 4 aromatic rings. The highest BCUT2D eigenvalue weighted by molar-refractivity contribution is 7.91. The number of carbonyl (C=O) groups excluding carboxylic acids is 3. The van der Waals surface area contributed by atoms with E-state index in [-0.39, 0.29) is 30.8 Å². The highest BCUT2D eigenvalue weighted by atomic mass is 35.5. The van der Waals surface area contributed by atoms with Gasteiger partial charge in [0.25, 0.3) is 12.3 Å². The number of benzene rings is 2. The van der Waals surface area contributed by atoms with Crippen molar-refractivity contribution in [1.82, 2.24) is 24.9 Å². The van der Waals surface area contributed by atoms with E-state index in [1.165, 1.54) is 47.8 Å². The van der Waals surface area contributed by atoms with Crippen LogP contribution < -0.4 is 24.8 Å². The van der Waals surface area contributed by atoms with Gasteiger partial charge in [-0.15, -0.1) is 17.9 Å². The van der Waals surface area contributed by atoms with Crippen LogP contribution in [-0.2, 0) is 24.4 Å². The zero-order valence-electron chi connectivity index (χ0n) is 32.1. The molecule has 7 rings (SSSR count). The van der Waals surface area contributed by atoms with Gasteiger partial charge in [0.05, 0.1) is 30.8 Å². The minimum absolute atomic E-state index is 0.00293. The van der Waals surface area contributed by atoms with Crippen LogP contribution in [0.25, 0.3) is 22.0 Å². The second-order valence-corrected chi connectivity index (χ2v) is 19.1. The van der Waals surface area contributed by atoms with E-state index >= 15 is 0 Å². The van der Waals surface area contributed by atoms with E-state index in [0.29, 0.717) is 50.8 Å². The van der Waals surface area contributed by atoms with Crippen molar-refractivity contribution >= 4 is 66.6 Å². The number of halogens is 3. The van der Waals surface area contributed by atoms with E-state index in [2.05, 4.69) is 31.9 Å². The number of carbonyl (C=O) groups is 3. The predicted molar refractivity (Wildman–Crippen MR) is 216 cm³/mol. The Labute approximate surface area is 343 Å². The van der Waals surface area contributed by atoms with Crippen LogP contribution in [0, 0.1) is 11.3 Å². The third-order valence-corrected chi connectivity index (χ3v) is 13.5. The smallest absolute Gasteiger partial charge is 0.263 e. The normalized spacial score (nSPS) is 22.3. The van der Waals surface area contributed by atoms with Crippen molar-refractivity contribution in [3.8, 4) is 22.9 Å². The quantitative estimate of drug-likeness (QED) is 0.119. The second kappa shape index (κ2) is 15.7. The Morgan fingerprint density at radius 2 is 1.84 bits per heavy atom. The summed E-state index contributed by atoms with van der Waals surface area (Å²) < 4.78 is 66.0. The standard InChI is InChI=1S/C40H43ClF2N6O7S2/c1-6-23-17-40(23,37(52)48-58(53,54)26-12-13-26)47-34(50)30-16-25(56-35-28-15-24(41)11-14-27(28)31(55-5)18-44-35)19-49(30)36(51)32(39(2,3)4)46-38-45-29(20-57-38)21-7-9-22(10-8-21)33(42)43/h6-11,14-15,18,20,23,25-26,30,32-33H,1,12-13,16-17,19H2,2-5H3,(H,45,46)(H,47,50)(H,48,52)/t23-,25-,30+,32-,40-/m1/s1. The Bertz CT molecular complexity index is 2370. The molecule has 13 nitrogen and oxygen atoms in total. The van der Waals surface area contributed by atoms with Crippen LogP contribution in [0.4, 0.5) is 13.9 Å². The summed E-state index contributed by atoms with van der Waals surface area (Å²) >= 11 is 7.59. The van der Waals surface area contributed by atoms with Gasteiger partial charge in [-0.1, -0.05) is 62.7 Å². The minimum atomic E-state index is -3.93. The molecule has 2 aliphatic carbocycles. The van der Waals surface area contributed by atoms with Gasteiger partial charge in [-0.3, -0.25) is 19.1 Å². The summed E-state index contributed by atoms with van der Waals surface area (Å²) in [5.74, 6) is -1.84. The van der Waals surface area contributed by atoms with E-state index in [9.17, 15) is 31.6 Å². The monoisotopic (exact) mass is 856 g/mol.